The summed E-state index contributed by atoms with van der Waals surface area (Å²) in [5, 5.41) is 3.06. The summed E-state index contributed by atoms with van der Waals surface area (Å²) in [7, 11) is 3.52. The molecule has 0 aliphatic heterocycles. The van der Waals surface area contributed by atoms with Gasteiger partial charge in [-0.2, -0.15) is 0 Å². The second-order valence-electron chi connectivity index (χ2n) is 3.78. The van der Waals surface area contributed by atoms with Crippen molar-refractivity contribution in [2.24, 2.45) is 0 Å². The molecule has 0 saturated heterocycles. The first-order valence-corrected chi connectivity index (χ1v) is 5.74. The third kappa shape index (κ3) is 3.21. The molecule has 4 heteroatoms. The van der Waals surface area contributed by atoms with Gasteiger partial charge in [0.05, 0.1) is 12.8 Å². The van der Waals surface area contributed by atoms with E-state index in [0.717, 1.165) is 18.0 Å². The monoisotopic (exact) mass is 244 g/mol. The maximum absolute atomic E-state index is 5.69. The van der Waals surface area contributed by atoms with Crippen molar-refractivity contribution in [3.63, 3.8) is 0 Å². The third-order valence-electron chi connectivity index (χ3n) is 2.40. The van der Waals surface area contributed by atoms with Crippen molar-refractivity contribution in [3.8, 4) is 17.4 Å². The topological polar surface area (TPSA) is 43.4 Å². The van der Waals surface area contributed by atoms with Crippen LogP contribution < -0.4 is 14.8 Å². The van der Waals surface area contributed by atoms with E-state index in [1.165, 1.54) is 0 Å². The number of hydrogen-bond donors (Lipinski definition) is 1. The van der Waals surface area contributed by atoms with E-state index in [-0.39, 0.29) is 0 Å². The highest BCUT2D eigenvalue weighted by Gasteiger charge is 2.01. The summed E-state index contributed by atoms with van der Waals surface area (Å²) in [5.41, 5.74) is 0.942. The zero-order valence-corrected chi connectivity index (χ0v) is 10.5. The van der Waals surface area contributed by atoms with E-state index in [4.69, 9.17) is 9.47 Å². The van der Waals surface area contributed by atoms with Crippen molar-refractivity contribution < 1.29 is 9.47 Å². The first kappa shape index (κ1) is 12.4. The Morgan fingerprint density at radius 1 is 1.11 bits per heavy atom. The van der Waals surface area contributed by atoms with E-state index in [1.54, 1.807) is 7.11 Å². The molecule has 0 unspecified atom stereocenters. The third-order valence-corrected chi connectivity index (χ3v) is 2.40. The van der Waals surface area contributed by atoms with E-state index in [1.807, 2.05) is 49.5 Å². The van der Waals surface area contributed by atoms with Crippen molar-refractivity contribution in [2.45, 2.75) is 6.54 Å². The van der Waals surface area contributed by atoms with Gasteiger partial charge in [0.25, 0.3) is 0 Å². The normalized spacial score (nSPS) is 10.1. The number of benzene rings is 1. The highest BCUT2D eigenvalue weighted by atomic mass is 16.5. The average molecular weight is 244 g/mol. The molecule has 1 aromatic carbocycles. The molecule has 0 bridgehead atoms. The minimum Gasteiger partial charge on any atom is -0.497 e. The quantitative estimate of drug-likeness (QED) is 0.878. The largest absolute Gasteiger partial charge is 0.497 e. The van der Waals surface area contributed by atoms with Crippen molar-refractivity contribution in [1.82, 2.24) is 10.3 Å². The second kappa shape index (κ2) is 6.02. The van der Waals surface area contributed by atoms with Crippen LogP contribution in [0.4, 0.5) is 0 Å². The zero-order chi connectivity index (χ0) is 12.8. The Hall–Kier alpha value is -2.07. The molecule has 1 N–H and O–H groups in total. The van der Waals surface area contributed by atoms with Gasteiger partial charge < -0.3 is 14.8 Å². The molecule has 2 aromatic rings. The lowest BCUT2D eigenvalue weighted by Gasteiger charge is -2.07. The van der Waals surface area contributed by atoms with Crippen LogP contribution in [-0.4, -0.2) is 19.1 Å². The van der Waals surface area contributed by atoms with E-state index in [2.05, 4.69) is 10.3 Å². The maximum Gasteiger partial charge on any atom is 0.219 e. The van der Waals surface area contributed by atoms with Crippen molar-refractivity contribution in [1.29, 1.82) is 0 Å². The number of methoxy groups -OCH3 is 1. The summed E-state index contributed by atoms with van der Waals surface area (Å²) in [4.78, 5) is 4.39. The molecule has 1 aromatic heterocycles. The fourth-order valence-corrected chi connectivity index (χ4v) is 1.58. The van der Waals surface area contributed by atoms with Crippen LogP contribution in [0.15, 0.2) is 42.5 Å². The van der Waals surface area contributed by atoms with Crippen LogP contribution in [0, 0.1) is 0 Å². The minimum atomic E-state index is 0.580. The molecule has 0 radical (unpaired) electrons. The van der Waals surface area contributed by atoms with E-state index in [0.29, 0.717) is 11.6 Å². The number of aromatic nitrogens is 1. The van der Waals surface area contributed by atoms with Gasteiger partial charge >= 0.3 is 0 Å². The summed E-state index contributed by atoms with van der Waals surface area (Å²) in [6.45, 7) is 0.718. The highest BCUT2D eigenvalue weighted by Crippen LogP contribution is 2.23. The van der Waals surface area contributed by atoms with Crippen molar-refractivity contribution in [2.75, 3.05) is 14.2 Å². The average Bonchev–Trinajstić information content (AvgIpc) is 2.40. The summed E-state index contributed by atoms with van der Waals surface area (Å²) < 4.78 is 10.8. The molecule has 0 amide bonds. The van der Waals surface area contributed by atoms with E-state index in [9.17, 15) is 0 Å². The lowest BCUT2D eigenvalue weighted by atomic mass is 10.3. The molecule has 4 nitrogen and oxygen atoms in total. The summed E-state index contributed by atoms with van der Waals surface area (Å²) >= 11 is 0. The second-order valence-corrected chi connectivity index (χ2v) is 3.78. The number of rotatable bonds is 5. The predicted molar refractivity (Wildman–Crippen MR) is 70.1 cm³/mol. The molecule has 1 heterocycles. The van der Waals surface area contributed by atoms with Crippen LogP contribution >= 0.6 is 0 Å². The Bertz CT molecular complexity index is 515. The fraction of sp³-hybridized carbons (Fsp3) is 0.214. The molecule has 18 heavy (non-hydrogen) atoms. The van der Waals surface area contributed by atoms with Gasteiger partial charge in [-0.25, -0.2) is 4.98 Å². The smallest absolute Gasteiger partial charge is 0.219 e. The van der Waals surface area contributed by atoms with E-state index >= 15 is 0 Å². The Kier molecular flexibility index (Phi) is 4.15. The molecular weight excluding hydrogens is 228 g/mol. The summed E-state index contributed by atoms with van der Waals surface area (Å²) in [6, 6.07) is 13.2. The molecule has 0 aliphatic carbocycles. The van der Waals surface area contributed by atoms with Crippen LogP contribution in [-0.2, 0) is 6.54 Å². The number of ether oxygens (including phenoxy) is 2. The van der Waals surface area contributed by atoms with Gasteiger partial charge in [-0.15, -0.1) is 0 Å². The molecule has 0 spiro atoms. The first-order valence-electron chi connectivity index (χ1n) is 5.74. The van der Waals surface area contributed by atoms with Gasteiger partial charge in [-0.3, -0.25) is 0 Å². The lowest BCUT2D eigenvalue weighted by molar-refractivity contribution is 0.407. The van der Waals surface area contributed by atoms with E-state index < -0.39 is 0 Å². The molecule has 0 fully saturated rings. The molecule has 0 aliphatic rings. The van der Waals surface area contributed by atoms with Crippen molar-refractivity contribution >= 4 is 0 Å². The summed E-state index contributed by atoms with van der Waals surface area (Å²) in [5.74, 6) is 2.05. The molecule has 0 saturated carbocycles. The van der Waals surface area contributed by atoms with Crippen LogP contribution in [0.5, 0.6) is 17.4 Å². The van der Waals surface area contributed by atoms with Crippen molar-refractivity contribution in [3.05, 3.63) is 48.2 Å². The van der Waals surface area contributed by atoms with Crippen LogP contribution in [0.1, 0.15) is 5.69 Å². The number of nitrogens with zero attached hydrogens (tertiary/aromatic N) is 1. The Morgan fingerprint density at radius 2 is 1.89 bits per heavy atom. The predicted octanol–water partition coefficient (Wildman–Crippen LogP) is 2.60. The summed E-state index contributed by atoms with van der Waals surface area (Å²) in [6.07, 6.45) is 0. The maximum atomic E-state index is 5.69. The standard InChI is InChI=1S/C14H16N2O2/c1-15-10-11-5-3-8-14(16-11)18-13-7-4-6-12(9-13)17-2/h3-9,15H,10H2,1-2H3. The number of pyridine rings is 1. The zero-order valence-electron chi connectivity index (χ0n) is 10.5. The van der Waals surface area contributed by atoms with Gasteiger partial charge in [-0.1, -0.05) is 12.1 Å². The van der Waals surface area contributed by atoms with Crippen LogP contribution in [0.3, 0.4) is 0 Å². The molecule has 94 valence electrons. The fourth-order valence-electron chi connectivity index (χ4n) is 1.58. The minimum absolute atomic E-state index is 0.580. The Labute approximate surface area is 107 Å². The van der Waals surface area contributed by atoms with Gasteiger partial charge in [0.15, 0.2) is 0 Å². The van der Waals surface area contributed by atoms with Crippen LogP contribution in [0.2, 0.25) is 0 Å². The van der Waals surface area contributed by atoms with Gasteiger partial charge in [-0.05, 0) is 25.2 Å². The lowest BCUT2D eigenvalue weighted by Crippen LogP contribution is -2.06. The molecular formula is C14H16N2O2. The number of nitrogens with one attached hydrogen (secondary N) is 1. The van der Waals surface area contributed by atoms with Gasteiger partial charge in [0.2, 0.25) is 5.88 Å². The van der Waals surface area contributed by atoms with Crippen LogP contribution in [0.25, 0.3) is 0 Å². The molecule has 2 rings (SSSR count). The first-order chi connectivity index (χ1) is 8.81. The highest BCUT2D eigenvalue weighted by molar-refractivity contribution is 5.35. The Balaban J connectivity index is 2.14. The van der Waals surface area contributed by atoms with Gasteiger partial charge in [0, 0.05) is 18.7 Å². The number of hydrogen-bond acceptors (Lipinski definition) is 4. The molecule has 0 atom stereocenters. The van der Waals surface area contributed by atoms with Gasteiger partial charge in [0.1, 0.15) is 11.5 Å². The Morgan fingerprint density at radius 3 is 2.67 bits per heavy atom. The SMILES string of the molecule is CNCc1cccc(Oc2cccc(OC)c2)n1.